The first-order valence-corrected chi connectivity index (χ1v) is 13.1. The van der Waals surface area contributed by atoms with Crippen LogP contribution >= 0.6 is 11.3 Å². The minimum absolute atomic E-state index is 0.0360. The summed E-state index contributed by atoms with van der Waals surface area (Å²) in [6.45, 7) is 0. The van der Waals surface area contributed by atoms with E-state index in [9.17, 15) is 9.59 Å². The Morgan fingerprint density at radius 1 is 1.12 bits per heavy atom. The number of carboxylic acids is 1. The van der Waals surface area contributed by atoms with Crippen LogP contribution in [0, 0.1) is 17.8 Å². The summed E-state index contributed by atoms with van der Waals surface area (Å²) in [7, 11) is 0. The lowest BCUT2D eigenvalue weighted by atomic mass is 9.82. The number of para-hydroxylation sites is 1. The van der Waals surface area contributed by atoms with Crippen LogP contribution in [0.3, 0.4) is 0 Å². The molecule has 0 spiro atoms. The van der Waals surface area contributed by atoms with Gasteiger partial charge in [0.25, 0.3) is 5.91 Å². The first-order chi connectivity index (χ1) is 16.6. The molecule has 2 saturated carbocycles. The fraction of sp³-hybridized carbons (Fsp3) is 0.429. The number of rotatable bonds is 10. The van der Waals surface area contributed by atoms with Crippen molar-refractivity contribution in [3.63, 3.8) is 0 Å². The Balaban J connectivity index is 1.18. The highest BCUT2D eigenvalue weighted by atomic mass is 32.1. The summed E-state index contributed by atoms with van der Waals surface area (Å²) in [6, 6.07) is 14.3. The zero-order valence-corrected chi connectivity index (χ0v) is 20.1. The van der Waals surface area contributed by atoms with E-state index >= 15 is 0 Å². The highest BCUT2D eigenvalue weighted by Crippen LogP contribution is 2.50. The molecule has 2 bridgehead atoms. The number of fused-ring (bicyclic) bond motifs is 3. The van der Waals surface area contributed by atoms with Gasteiger partial charge in [-0.3, -0.25) is 9.59 Å². The highest BCUT2D eigenvalue weighted by Gasteiger charge is 2.47. The Morgan fingerprint density at radius 2 is 1.97 bits per heavy atom. The molecule has 1 amide bonds. The van der Waals surface area contributed by atoms with Crippen LogP contribution in [0.1, 0.15) is 65.3 Å². The van der Waals surface area contributed by atoms with Gasteiger partial charge >= 0.3 is 5.97 Å². The van der Waals surface area contributed by atoms with Gasteiger partial charge in [0.15, 0.2) is 0 Å². The molecular weight excluding hydrogens is 446 g/mol. The van der Waals surface area contributed by atoms with Gasteiger partial charge in [0.2, 0.25) is 0 Å². The van der Waals surface area contributed by atoms with Crippen LogP contribution in [0.2, 0.25) is 0 Å². The summed E-state index contributed by atoms with van der Waals surface area (Å²) < 4.78 is 5.94. The van der Waals surface area contributed by atoms with E-state index in [1.54, 1.807) is 11.3 Å². The number of carbonyl (C=O) groups excluding carboxylic acids is 1. The zero-order chi connectivity index (χ0) is 23.5. The van der Waals surface area contributed by atoms with Gasteiger partial charge in [-0.2, -0.15) is 0 Å². The average Bonchev–Trinajstić information content (AvgIpc) is 3.60. The van der Waals surface area contributed by atoms with Gasteiger partial charge in [-0.05, 0) is 80.5 Å². The van der Waals surface area contributed by atoms with Crippen LogP contribution in [0.5, 0.6) is 0 Å². The fourth-order valence-corrected chi connectivity index (χ4v) is 6.75. The Hall–Kier alpha value is -2.86. The van der Waals surface area contributed by atoms with Gasteiger partial charge in [-0.25, -0.2) is 0 Å². The van der Waals surface area contributed by atoms with Crippen molar-refractivity contribution < 1.29 is 19.1 Å². The third kappa shape index (κ3) is 5.12. The van der Waals surface area contributed by atoms with E-state index in [2.05, 4.69) is 23.5 Å². The second-order valence-corrected chi connectivity index (χ2v) is 10.9. The van der Waals surface area contributed by atoms with E-state index in [-0.39, 0.29) is 18.4 Å². The zero-order valence-electron chi connectivity index (χ0n) is 19.2. The van der Waals surface area contributed by atoms with Gasteiger partial charge in [-0.1, -0.05) is 30.4 Å². The molecule has 6 heteroatoms. The van der Waals surface area contributed by atoms with Crippen molar-refractivity contribution in [1.82, 2.24) is 5.32 Å². The second kappa shape index (κ2) is 10.2. The predicted octanol–water partition coefficient (Wildman–Crippen LogP) is 6.43. The van der Waals surface area contributed by atoms with Gasteiger partial charge in [-0.15, -0.1) is 11.3 Å². The molecule has 178 valence electrons. The summed E-state index contributed by atoms with van der Waals surface area (Å²) in [5.41, 5.74) is 0.894. The Labute approximate surface area is 203 Å². The number of benzene rings is 1. The molecule has 4 atom stereocenters. The van der Waals surface area contributed by atoms with E-state index in [1.165, 1.54) is 19.3 Å². The Kier molecular flexibility index (Phi) is 6.86. The lowest BCUT2D eigenvalue weighted by Gasteiger charge is -2.31. The SMILES string of the molecule is O=C(O)CCCC=CCC1C2CCC(C2)C1NC(=O)c1ccc(Cc2cc3ccccc3o2)s1. The molecule has 34 heavy (non-hydrogen) atoms. The topological polar surface area (TPSA) is 79.5 Å². The van der Waals surface area contributed by atoms with Crippen molar-refractivity contribution in [1.29, 1.82) is 0 Å². The minimum atomic E-state index is -0.737. The second-order valence-electron chi connectivity index (χ2n) is 9.68. The molecule has 4 unspecified atom stereocenters. The molecule has 2 N–H and O–H groups in total. The number of allylic oxidation sites excluding steroid dienone is 2. The molecule has 2 fully saturated rings. The number of carbonyl (C=O) groups is 2. The van der Waals surface area contributed by atoms with Crippen LogP contribution in [-0.2, 0) is 11.2 Å². The largest absolute Gasteiger partial charge is 0.481 e. The third-order valence-electron chi connectivity index (χ3n) is 7.43. The molecular formula is C28H31NO4S. The maximum absolute atomic E-state index is 13.1. The molecule has 0 aliphatic heterocycles. The van der Waals surface area contributed by atoms with Crippen LogP contribution < -0.4 is 5.32 Å². The summed E-state index contributed by atoms with van der Waals surface area (Å²) in [5.74, 6) is 1.96. The average molecular weight is 478 g/mol. The summed E-state index contributed by atoms with van der Waals surface area (Å²) in [6.07, 6.45) is 11.3. The lowest BCUT2D eigenvalue weighted by molar-refractivity contribution is -0.137. The molecule has 2 aliphatic rings. The highest BCUT2D eigenvalue weighted by molar-refractivity contribution is 7.14. The van der Waals surface area contributed by atoms with Crippen LogP contribution in [0.4, 0.5) is 0 Å². The first-order valence-electron chi connectivity index (χ1n) is 12.3. The van der Waals surface area contributed by atoms with Gasteiger partial charge in [0.05, 0.1) is 4.88 Å². The number of hydrogen-bond acceptors (Lipinski definition) is 4. The van der Waals surface area contributed by atoms with Crippen molar-refractivity contribution in [3.8, 4) is 0 Å². The predicted molar refractivity (Wildman–Crippen MR) is 134 cm³/mol. The molecule has 2 aromatic heterocycles. The van der Waals surface area contributed by atoms with Gasteiger partial charge < -0.3 is 14.8 Å². The summed E-state index contributed by atoms with van der Waals surface area (Å²) in [5, 5.41) is 13.2. The van der Waals surface area contributed by atoms with E-state index in [0.717, 1.165) is 39.3 Å². The van der Waals surface area contributed by atoms with E-state index in [0.29, 0.717) is 30.6 Å². The molecule has 5 nitrogen and oxygen atoms in total. The van der Waals surface area contributed by atoms with Crippen molar-refractivity contribution in [3.05, 3.63) is 70.1 Å². The number of aliphatic carboxylic acids is 1. The number of amides is 1. The molecule has 2 heterocycles. The van der Waals surface area contributed by atoms with Crippen LogP contribution in [0.25, 0.3) is 11.0 Å². The number of thiophene rings is 1. The molecule has 0 saturated heterocycles. The molecule has 3 aromatic rings. The third-order valence-corrected chi connectivity index (χ3v) is 8.52. The van der Waals surface area contributed by atoms with Crippen LogP contribution in [0.15, 0.2) is 59.0 Å². The lowest BCUT2D eigenvalue weighted by Crippen LogP contribution is -2.43. The number of nitrogens with one attached hydrogen (secondary N) is 1. The van der Waals surface area contributed by atoms with Gasteiger partial charge in [0, 0.05) is 29.1 Å². The minimum Gasteiger partial charge on any atom is -0.481 e. The van der Waals surface area contributed by atoms with E-state index in [4.69, 9.17) is 9.52 Å². The van der Waals surface area contributed by atoms with Crippen LogP contribution in [-0.4, -0.2) is 23.0 Å². The number of unbranched alkanes of at least 4 members (excludes halogenated alkanes) is 1. The Bertz CT molecular complexity index is 1160. The van der Waals surface area contributed by atoms with E-state index in [1.807, 2.05) is 36.4 Å². The molecule has 1 aromatic carbocycles. The standard InChI is InChI=1S/C28H31NO4S/c30-26(31)10-4-2-1-3-8-23-18-11-12-20(15-18)27(23)29-28(32)25-14-13-22(34-25)17-21-16-19-7-5-6-9-24(19)33-21/h1,3,5-7,9,13-14,16,18,20,23,27H,2,4,8,10-12,15,17H2,(H,29,32)(H,30,31). The monoisotopic (exact) mass is 477 g/mol. The fourth-order valence-electron chi connectivity index (χ4n) is 5.83. The number of furan rings is 1. The summed E-state index contributed by atoms with van der Waals surface area (Å²) >= 11 is 1.55. The van der Waals surface area contributed by atoms with Crippen molar-refractivity contribution in [2.45, 2.75) is 57.4 Å². The van der Waals surface area contributed by atoms with Crippen molar-refractivity contribution in [2.24, 2.45) is 17.8 Å². The molecule has 2 aliphatic carbocycles. The quantitative estimate of drug-likeness (QED) is 0.260. The normalized spacial score (nSPS) is 23.8. The maximum Gasteiger partial charge on any atom is 0.303 e. The van der Waals surface area contributed by atoms with Crippen molar-refractivity contribution in [2.75, 3.05) is 0 Å². The molecule has 5 rings (SSSR count). The number of hydrogen-bond donors (Lipinski definition) is 2. The Morgan fingerprint density at radius 3 is 2.82 bits per heavy atom. The van der Waals surface area contributed by atoms with Gasteiger partial charge in [0.1, 0.15) is 11.3 Å². The van der Waals surface area contributed by atoms with Crippen molar-refractivity contribution >= 4 is 34.2 Å². The number of carboxylic acid groups (broad SMARTS) is 1. The maximum atomic E-state index is 13.1. The smallest absolute Gasteiger partial charge is 0.303 e. The first kappa shape index (κ1) is 22.9. The molecule has 0 radical (unpaired) electrons. The van der Waals surface area contributed by atoms with E-state index < -0.39 is 5.97 Å². The summed E-state index contributed by atoms with van der Waals surface area (Å²) in [4.78, 5) is 25.6.